The molecule has 0 aromatic carbocycles. The lowest BCUT2D eigenvalue weighted by Crippen LogP contribution is -2.62. The zero-order chi connectivity index (χ0) is 20.3. The molecule has 2 N–H and O–H groups in total. The van der Waals surface area contributed by atoms with Crippen molar-refractivity contribution in [2.45, 2.75) is 90.3 Å². The minimum Gasteiger partial charge on any atom is -0.463 e. The number of fused-ring (bicyclic) bond motifs is 5. The predicted octanol–water partition coefficient (Wildman–Crippen LogP) is 3.25. The summed E-state index contributed by atoms with van der Waals surface area (Å²) in [6, 6.07) is 0. The summed E-state index contributed by atoms with van der Waals surface area (Å²) in [7, 11) is 0. The van der Waals surface area contributed by atoms with E-state index in [0.717, 1.165) is 44.9 Å². The van der Waals surface area contributed by atoms with Crippen molar-refractivity contribution in [3.63, 3.8) is 0 Å². The summed E-state index contributed by atoms with van der Waals surface area (Å²) in [6.45, 7) is 5.57. The maximum atomic E-state index is 12.4. The summed E-state index contributed by atoms with van der Waals surface area (Å²) in [5.74, 6) is 0.735. The molecule has 0 spiro atoms. The number of hydrogen-bond donors (Lipinski definition) is 2. The Morgan fingerprint density at radius 3 is 2.43 bits per heavy atom. The van der Waals surface area contributed by atoms with E-state index in [1.54, 1.807) is 0 Å². The lowest BCUT2D eigenvalue weighted by molar-refractivity contribution is -0.212. The lowest BCUT2D eigenvalue weighted by atomic mass is 9.43. The number of carbonyl (C=O) groups is 2. The number of aliphatic hydroxyl groups excluding tert-OH is 1. The molecule has 0 bridgehead atoms. The second-order valence-electron chi connectivity index (χ2n) is 10.6. The molecule has 0 saturated heterocycles. The monoisotopic (exact) mass is 392 g/mol. The fourth-order valence-corrected chi connectivity index (χ4v) is 8.15. The van der Waals surface area contributed by atoms with Crippen LogP contribution in [0.5, 0.6) is 0 Å². The van der Waals surface area contributed by atoms with Crippen molar-refractivity contribution in [3.8, 4) is 0 Å². The van der Waals surface area contributed by atoms with Crippen LogP contribution in [-0.2, 0) is 14.3 Å². The van der Waals surface area contributed by atoms with Crippen molar-refractivity contribution in [2.75, 3.05) is 6.61 Å². The maximum Gasteiger partial charge on any atom is 0.302 e. The molecule has 0 aliphatic heterocycles. The molecular weight excluding hydrogens is 356 g/mol. The van der Waals surface area contributed by atoms with Gasteiger partial charge in [-0.3, -0.25) is 9.59 Å². The second-order valence-corrected chi connectivity index (χ2v) is 10.6. The van der Waals surface area contributed by atoms with Crippen molar-refractivity contribution in [2.24, 2.45) is 34.5 Å². The van der Waals surface area contributed by atoms with Gasteiger partial charge in [0.15, 0.2) is 5.78 Å². The zero-order valence-corrected chi connectivity index (χ0v) is 17.6. The quantitative estimate of drug-likeness (QED) is 0.720. The molecule has 8 atom stereocenters. The summed E-state index contributed by atoms with van der Waals surface area (Å²) in [5.41, 5.74) is -1.03. The van der Waals surface area contributed by atoms with Crippen LogP contribution in [-0.4, -0.2) is 40.3 Å². The molecule has 158 valence electrons. The van der Waals surface area contributed by atoms with Crippen LogP contribution >= 0.6 is 0 Å². The highest BCUT2D eigenvalue weighted by molar-refractivity contribution is 5.83. The molecule has 0 heterocycles. The van der Waals surface area contributed by atoms with Gasteiger partial charge in [0.05, 0.1) is 5.60 Å². The van der Waals surface area contributed by atoms with Crippen molar-refractivity contribution in [1.29, 1.82) is 0 Å². The van der Waals surface area contributed by atoms with E-state index in [1.807, 2.05) is 0 Å². The molecule has 5 nitrogen and oxygen atoms in total. The van der Waals surface area contributed by atoms with Gasteiger partial charge in [-0.2, -0.15) is 0 Å². The highest BCUT2D eigenvalue weighted by atomic mass is 16.5. The fraction of sp³-hybridized carbons (Fsp3) is 0.913. The Kier molecular flexibility index (Phi) is 4.94. The Hall–Kier alpha value is -0.940. The summed E-state index contributed by atoms with van der Waals surface area (Å²) in [5, 5.41) is 21.4. The molecule has 0 aromatic heterocycles. The van der Waals surface area contributed by atoms with E-state index in [0.29, 0.717) is 24.7 Å². The third-order valence-corrected chi connectivity index (χ3v) is 9.68. The van der Waals surface area contributed by atoms with Gasteiger partial charge in [-0.1, -0.05) is 13.8 Å². The molecule has 0 unspecified atom stereocenters. The first-order valence-corrected chi connectivity index (χ1v) is 11.2. The van der Waals surface area contributed by atoms with Gasteiger partial charge in [0.25, 0.3) is 0 Å². The molecule has 4 fully saturated rings. The predicted molar refractivity (Wildman–Crippen MR) is 104 cm³/mol. The smallest absolute Gasteiger partial charge is 0.302 e. The SMILES string of the molecule is CC(=O)O[C@H]1CC[C@@]2(C)[C@H](CC[C@@H]3[C@@H]2CC[C@]2(C)[C@H](C(=O)CO)CC[C@]32O)C1. The summed E-state index contributed by atoms with van der Waals surface area (Å²) in [6.07, 6.45) is 8.28. The Labute approximate surface area is 168 Å². The van der Waals surface area contributed by atoms with E-state index in [1.165, 1.54) is 6.92 Å². The molecule has 4 rings (SSSR count). The van der Waals surface area contributed by atoms with Crippen LogP contribution in [0.1, 0.15) is 78.6 Å². The normalized spacial score (nSPS) is 50.2. The third kappa shape index (κ3) is 2.72. The Morgan fingerprint density at radius 2 is 1.75 bits per heavy atom. The first kappa shape index (κ1) is 20.3. The van der Waals surface area contributed by atoms with Gasteiger partial charge in [0.2, 0.25) is 0 Å². The summed E-state index contributed by atoms with van der Waals surface area (Å²) in [4.78, 5) is 23.8. The van der Waals surface area contributed by atoms with Crippen molar-refractivity contribution < 1.29 is 24.5 Å². The minimum atomic E-state index is -0.799. The number of aliphatic hydroxyl groups is 2. The zero-order valence-electron chi connectivity index (χ0n) is 17.6. The fourth-order valence-electron chi connectivity index (χ4n) is 8.15. The number of carbonyl (C=O) groups excluding carboxylic acids is 2. The van der Waals surface area contributed by atoms with Crippen molar-refractivity contribution >= 4 is 11.8 Å². The van der Waals surface area contributed by atoms with E-state index in [4.69, 9.17) is 4.74 Å². The Morgan fingerprint density at radius 1 is 1.00 bits per heavy atom. The van der Waals surface area contributed by atoms with E-state index in [2.05, 4.69) is 13.8 Å². The molecule has 5 heteroatoms. The lowest BCUT2D eigenvalue weighted by Gasteiger charge is -2.63. The van der Waals surface area contributed by atoms with Crippen LogP contribution in [0.4, 0.5) is 0 Å². The molecule has 28 heavy (non-hydrogen) atoms. The number of hydrogen-bond acceptors (Lipinski definition) is 5. The molecular formula is C23H36O5. The van der Waals surface area contributed by atoms with Gasteiger partial charge in [0, 0.05) is 18.3 Å². The number of Topliss-reactive ketones (excluding diaryl/α,β-unsaturated/α-hetero) is 1. The first-order valence-electron chi connectivity index (χ1n) is 11.2. The number of ketones is 1. The van der Waals surface area contributed by atoms with Crippen LogP contribution in [0, 0.1) is 34.5 Å². The van der Waals surface area contributed by atoms with Gasteiger partial charge in [-0.05, 0) is 81.0 Å². The Balaban J connectivity index is 1.58. The minimum absolute atomic E-state index is 0.0436. The van der Waals surface area contributed by atoms with Crippen LogP contribution in [0.15, 0.2) is 0 Å². The van der Waals surface area contributed by atoms with Crippen LogP contribution < -0.4 is 0 Å². The van der Waals surface area contributed by atoms with E-state index in [9.17, 15) is 19.8 Å². The molecule has 4 saturated carbocycles. The van der Waals surface area contributed by atoms with Crippen LogP contribution in [0.2, 0.25) is 0 Å². The molecule has 4 aliphatic carbocycles. The van der Waals surface area contributed by atoms with Gasteiger partial charge in [0.1, 0.15) is 12.7 Å². The molecule has 0 amide bonds. The number of rotatable bonds is 3. The highest BCUT2D eigenvalue weighted by Gasteiger charge is 2.68. The average Bonchev–Trinajstić information content (AvgIpc) is 2.92. The molecule has 4 aliphatic rings. The van der Waals surface area contributed by atoms with Gasteiger partial charge in [-0.15, -0.1) is 0 Å². The summed E-state index contributed by atoms with van der Waals surface area (Å²) < 4.78 is 5.53. The first-order chi connectivity index (χ1) is 13.2. The highest BCUT2D eigenvalue weighted by Crippen LogP contribution is 2.69. The topological polar surface area (TPSA) is 83.8 Å². The van der Waals surface area contributed by atoms with E-state index >= 15 is 0 Å². The van der Waals surface area contributed by atoms with Crippen LogP contribution in [0.25, 0.3) is 0 Å². The number of ether oxygens (including phenoxy) is 1. The number of esters is 1. The molecule has 0 aromatic rings. The average molecular weight is 393 g/mol. The van der Waals surface area contributed by atoms with E-state index in [-0.39, 0.29) is 35.1 Å². The Bertz CT molecular complexity index is 661. The van der Waals surface area contributed by atoms with Gasteiger partial charge >= 0.3 is 5.97 Å². The van der Waals surface area contributed by atoms with Gasteiger partial charge < -0.3 is 14.9 Å². The van der Waals surface area contributed by atoms with Crippen molar-refractivity contribution in [1.82, 2.24) is 0 Å². The second kappa shape index (κ2) is 6.80. The van der Waals surface area contributed by atoms with E-state index < -0.39 is 17.6 Å². The van der Waals surface area contributed by atoms with Gasteiger partial charge in [-0.25, -0.2) is 0 Å². The largest absolute Gasteiger partial charge is 0.463 e. The maximum absolute atomic E-state index is 12.4. The standard InChI is InChI=1S/C23H36O5/c1-14(25)28-16-6-9-21(2)15(12-16)4-5-18-17(21)7-10-22(3)19(20(26)13-24)8-11-23(18,22)27/h15-19,24,27H,4-13H2,1-3H3/t15-,16+,17+,18-,19+,21+,22-,23+/m1/s1. The molecule has 0 radical (unpaired) electrons. The van der Waals surface area contributed by atoms with Crippen LogP contribution in [0.3, 0.4) is 0 Å². The summed E-state index contributed by atoms with van der Waals surface area (Å²) >= 11 is 0. The van der Waals surface area contributed by atoms with Crippen molar-refractivity contribution in [3.05, 3.63) is 0 Å². The third-order valence-electron chi connectivity index (χ3n) is 9.68.